The number of esters is 3. The summed E-state index contributed by atoms with van der Waals surface area (Å²) in [7, 11) is 0. The molecule has 0 aliphatic carbocycles. The summed E-state index contributed by atoms with van der Waals surface area (Å²) in [6, 6.07) is 0. The largest absolute Gasteiger partial charge is 0.462 e. The van der Waals surface area contributed by atoms with Gasteiger partial charge in [-0.15, -0.1) is 0 Å². The van der Waals surface area contributed by atoms with Crippen LogP contribution in [0.25, 0.3) is 0 Å². The Morgan fingerprint density at radius 2 is 0.423 bits per heavy atom. The number of allylic oxidation sites excluding steroid dienone is 6. The van der Waals surface area contributed by atoms with E-state index in [0.717, 1.165) is 64.2 Å². The van der Waals surface area contributed by atoms with E-state index in [4.69, 9.17) is 14.2 Å². The normalized spacial score (nSPS) is 12.2. The first-order valence-corrected chi connectivity index (χ1v) is 35.0. The van der Waals surface area contributed by atoms with Crippen LogP contribution in [-0.2, 0) is 28.6 Å². The third kappa shape index (κ3) is 64.5. The van der Waals surface area contributed by atoms with Gasteiger partial charge in [0.1, 0.15) is 13.2 Å². The zero-order chi connectivity index (χ0) is 56.4. The van der Waals surface area contributed by atoms with Gasteiger partial charge >= 0.3 is 17.9 Å². The van der Waals surface area contributed by atoms with Crippen molar-refractivity contribution in [3.63, 3.8) is 0 Å². The van der Waals surface area contributed by atoms with Crippen molar-refractivity contribution >= 4 is 17.9 Å². The molecule has 0 radical (unpaired) electrons. The molecule has 0 rings (SSSR count). The highest BCUT2D eigenvalue weighted by molar-refractivity contribution is 5.71. The molecule has 0 aliphatic rings. The maximum absolute atomic E-state index is 13.0. The average Bonchev–Trinajstić information content (AvgIpc) is 3.44. The summed E-state index contributed by atoms with van der Waals surface area (Å²) < 4.78 is 17.0. The molecule has 0 heterocycles. The highest BCUT2D eigenvalue weighted by Gasteiger charge is 2.19. The molecule has 0 saturated carbocycles. The van der Waals surface area contributed by atoms with Crippen molar-refractivity contribution in [2.24, 2.45) is 0 Å². The number of rotatable bonds is 65. The molecule has 0 aromatic rings. The first kappa shape index (κ1) is 75.6. The van der Waals surface area contributed by atoms with Crippen LogP contribution in [0.5, 0.6) is 0 Å². The lowest BCUT2D eigenvalue weighted by molar-refractivity contribution is -0.167. The lowest BCUT2D eigenvalue weighted by Gasteiger charge is -2.18. The lowest BCUT2D eigenvalue weighted by atomic mass is 10.0. The molecule has 0 amide bonds. The molecule has 0 spiro atoms. The molecule has 78 heavy (non-hydrogen) atoms. The van der Waals surface area contributed by atoms with Gasteiger partial charge in [-0.3, -0.25) is 14.4 Å². The predicted octanol–water partition coefficient (Wildman–Crippen LogP) is 23.9. The Balaban J connectivity index is 4.31. The van der Waals surface area contributed by atoms with Crippen LogP contribution in [0.1, 0.15) is 387 Å². The summed E-state index contributed by atoms with van der Waals surface area (Å²) in [6.45, 7) is 6.70. The molecule has 6 heteroatoms. The summed E-state index contributed by atoms with van der Waals surface area (Å²) in [5.74, 6) is -0.857. The number of carbonyl (C=O) groups excluding carboxylic acids is 3. The van der Waals surface area contributed by atoms with Crippen LogP contribution < -0.4 is 0 Å². The van der Waals surface area contributed by atoms with Crippen LogP contribution in [0.3, 0.4) is 0 Å². The van der Waals surface area contributed by atoms with Gasteiger partial charge in [-0.1, -0.05) is 308 Å². The number of hydrogen-bond acceptors (Lipinski definition) is 6. The molecule has 1 unspecified atom stereocenters. The first-order chi connectivity index (χ1) is 38.5. The molecule has 0 aromatic heterocycles. The molecule has 0 aromatic carbocycles. The van der Waals surface area contributed by atoms with E-state index in [1.54, 1.807) is 0 Å². The van der Waals surface area contributed by atoms with Crippen LogP contribution in [0.15, 0.2) is 36.5 Å². The maximum Gasteiger partial charge on any atom is 0.306 e. The fourth-order valence-corrected chi connectivity index (χ4v) is 10.5. The highest BCUT2D eigenvalue weighted by Crippen LogP contribution is 2.18. The summed E-state index contributed by atoms with van der Waals surface area (Å²) >= 11 is 0. The smallest absolute Gasteiger partial charge is 0.306 e. The van der Waals surface area contributed by atoms with Crippen molar-refractivity contribution in [1.29, 1.82) is 0 Å². The van der Waals surface area contributed by atoms with Crippen molar-refractivity contribution in [2.75, 3.05) is 13.2 Å². The Morgan fingerprint density at radius 1 is 0.244 bits per heavy atom. The Hall–Kier alpha value is -2.37. The van der Waals surface area contributed by atoms with Gasteiger partial charge in [-0.05, 0) is 96.3 Å². The van der Waals surface area contributed by atoms with E-state index >= 15 is 0 Å². The molecule has 0 aliphatic heterocycles. The van der Waals surface area contributed by atoms with E-state index in [2.05, 4.69) is 57.2 Å². The summed E-state index contributed by atoms with van der Waals surface area (Å²) in [5.41, 5.74) is 0. The second-order valence-corrected chi connectivity index (χ2v) is 23.8. The van der Waals surface area contributed by atoms with Gasteiger partial charge in [0, 0.05) is 19.3 Å². The van der Waals surface area contributed by atoms with E-state index in [-0.39, 0.29) is 31.1 Å². The van der Waals surface area contributed by atoms with Gasteiger partial charge in [-0.25, -0.2) is 0 Å². The van der Waals surface area contributed by atoms with Crippen LogP contribution in [0, 0.1) is 0 Å². The van der Waals surface area contributed by atoms with Crippen molar-refractivity contribution in [2.45, 2.75) is 393 Å². The third-order valence-electron chi connectivity index (χ3n) is 15.8. The van der Waals surface area contributed by atoms with E-state index in [0.29, 0.717) is 19.3 Å². The van der Waals surface area contributed by atoms with Crippen LogP contribution >= 0.6 is 0 Å². The quantitative estimate of drug-likeness (QED) is 0.0261. The monoisotopic (exact) mass is 1100 g/mol. The molecule has 0 N–H and O–H groups in total. The third-order valence-corrected chi connectivity index (χ3v) is 15.8. The molecule has 0 fully saturated rings. The van der Waals surface area contributed by atoms with E-state index in [1.807, 2.05) is 0 Å². The molecule has 6 nitrogen and oxygen atoms in total. The number of unbranched alkanes of at least 4 members (excludes halogenated alkanes) is 48. The molecular weight excluding hydrogens is 961 g/mol. The maximum atomic E-state index is 13.0. The van der Waals surface area contributed by atoms with Gasteiger partial charge in [0.2, 0.25) is 0 Å². The minimum absolute atomic E-state index is 0.0724. The average molecular weight is 1100 g/mol. The second-order valence-electron chi connectivity index (χ2n) is 23.8. The van der Waals surface area contributed by atoms with Crippen molar-refractivity contribution in [3.8, 4) is 0 Å². The van der Waals surface area contributed by atoms with E-state index < -0.39 is 6.10 Å². The fourth-order valence-electron chi connectivity index (χ4n) is 10.5. The van der Waals surface area contributed by atoms with Gasteiger partial charge in [-0.2, -0.15) is 0 Å². The van der Waals surface area contributed by atoms with Crippen molar-refractivity contribution in [1.82, 2.24) is 0 Å². The molecule has 458 valence electrons. The Kier molecular flexibility index (Phi) is 65.1. The zero-order valence-electron chi connectivity index (χ0n) is 52.7. The van der Waals surface area contributed by atoms with Gasteiger partial charge in [0.05, 0.1) is 0 Å². The summed E-state index contributed by atoms with van der Waals surface area (Å²) in [5, 5.41) is 0. The summed E-state index contributed by atoms with van der Waals surface area (Å²) in [4.78, 5) is 38.4. The number of hydrogen-bond donors (Lipinski definition) is 0. The standard InChI is InChI=1S/C72H134O6/c1-4-7-10-13-16-19-22-25-28-31-33-35-36-38-39-41-44-47-50-53-56-59-62-65-71(74)77-68-69(67-76-70(73)64-61-58-55-52-49-46-43-30-27-24-21-18-15-12-9-6-3)78-72(75)66-63-60-57-54-51-48-45-42-40-37-34-32-29-26-23-20-17-14-11-8-5-2/h30-34,43,69H,4-29,35-42,44-68H2,1-3H3/b33-31-,34-32-,43-30-. The fraction of sp³-hybridized carbons (Fsp3) is 0.875. The van der Waals surface area contributed by atoms with E-state index in [9.17, 15) is 14.4 Å². The number of ether oxygens (including phenoxy) is 3. The first-order valence-electron chi connectivity index (χ1n) is 35.0. The molecular formula is C72H134O6. The minimum atomic E-state index is -0.777. The lowest BCUT2D eigenvalue weighted by Crippen LogP contribution is -2.30. The van der Waals surface area contributed by atoms with Crippen LogP contribution in [0.2, 0.25) is 0 Å². The Labute approximate surface area is 486 Å². The highest BCUT2D eigenvalue weighted by atomic mass is 16.6. The molecule has 0 bridgehead atoms. The van der Waals surface area contributed by atoms with Gasteiger partial charge in [0.25, 0.3) is 0 Å². The zero-order valence-corrected chi connectivity index (χ0v) is 52.7. The predicted molar refractivity (Wildman–Crippen MR) is 339 cm³/mol. The van der Waals surface area contributed by atoms with Crippen LogP contribution in [-0.4, -0.2) is 37.2 Å². The Bertz CT molecular complexity index is 1300. The van der Waals surface area contributed by atoms with Gasteiger partial charge in [0.15, 0.2) is 6.10 Å². The minimum Gasteiger partial charge on any atom is -0.462 e. The topological polar surface area (TPSA) is 78.9 Å². The van der Waals surface area contributed by atoms with Gasteiger partial charge < -0.3 is 14.2 Å². The molecule has 0 saturated heterocycles. The number of carbonyl (C=O) groups is 3. The molecule has 1 atom stereocenters. The SMILES string of the molecule is CCCCCCCCC/C=C\CCCCCCCC(=O)OCC(COC(=O)CCCCCCCCCCCCC/C=C\CCCCCCCCCC)OC(=O)CCCCCCCCCCC/C=C\CCCCCCCCCC. The summed E-state index contributed by atoms with van der Waals surface area (Å²) in [6.07, 6.45) is 83.1. The van der Waals surface area contributed by atoms with Crippen molar-refractivity contribution < 1.29 is 28.6 Å². The Morgan fingerprint density at radius 3 is 0.641 bits per heavy atom. The van der Waals surface area contributed by atoms with E-state index in [1.165, 1.54) is 283 Å². The van der Waals surface area contributed by atoms with Crippen LogP contribution in [0.4, 0.5) is 0 Å². The second kappa shape index (κ2) is 67.1. The van der Waals surface area contributed by atoms with Crippen molar-refractivity contribution in [3.05, 3.63) is 36.5 Å².